The lowest BCUT2D eigenvalue weighted by Gasteiger charge is -2.21. The molecule has 2 aromatic carbocycles. The van der Waals surface area contributed by atoms with Gasteiger partial charge in [0.05, 0.1) is 23.4 Å². The molecule has 0 unspecified atom stereocenters. The molecule has 1 fully saturated rings. The molecule has 5 heteroatoms. The number of rotatable bonds is 4. The fourth-order valence-corrected chi connectivity index (χ4v) is 4.50. The number of benzene rings is 2. The highest BCUT2D eigenvalue weighted by Crippen LogP contribution is 2.36. The predicted molar refractivity (Wildman–Crippen MR) is 105 cm³/mol. The SMILES string of the molecule is COc1ccccc1/C=C\C(=O)N1CCC[C@@H]1c1nc2ccccc2s1. The molecule has 1 atom stereocenters. The van der Waals surface area contributed by atoms with Crippen molar-refractivity contribution in [2.24, 2.45) is 0 Å². The lowest BCUT2D eigenvalue weighted by Crippen LogP contribution is -2.28. The van der Waals surface area contributed by atoms with Gasteiger partial charge in [-0.3, -0.25) is 4.79 Å². The summed E-state index contributed by atoms with van der Waals surface area (Å²) in [5.74, 6) is 0.790. The van der Waals surface area contributed by atoms with Gasteiger partial charge in [-0.25, -0.2) is 4.98 Å². The number of likely N-dealkylation sites (tertiary alicyclic amines) is 1. The third kappa shape index (κ3) is 3.22. The summed E-state index contributed by atoms with van der Waals surface area (Å²) in [6, 6.07) is 15.9. The van der Waals surface area contributed by atoms with Crippen LogP contribution in [0.4, 0.5) is 0 Å². The highest BCUT2D eigenvalue weighted by molar-refractivity contribution is 7.18. The van der Waals surface area contributed by atoms with Gasteiger partial charge in [-0.1, -0.05) is 30.3 Å². The molecule has 132 valence electrons. The number of methoxy groups -OCH3 is 1. The van der Waals surface area contributed by atoms with Crippen molar-refractivity contribution in [1.82, 2.24) is 9.88 Å². The maximum atomic E-state index is 12.8. The van der Waals surface area contributed by atoms with Crippen LogP contribution in [-0.4, -0.2) is 29.4 Å². The Balaban J connectivity index is 1.56. The Hall–Kier alpha value is -2.66. The number of hydrogen-bond acceptors (Lipinski definition) is 4. The van der Waals surface area contributed by atoms with E-state index in [1.54, 1.807) is 24.5 Å². The number of ether oxygens (including phenoxy) is 1. The fourth-order valence-electron chi connectivity index (χ4n) is 3.38. The molecule has 0 saturated carbocycles. The van der Waals surface area contributed by atoms with E-state index in [-0.39, 0.29) is 11.9 Å². The monoisotopic (exact) mass is 364 g/mol. The minimum absolute atomic E-state index is 0.0256. The van der Waals surface area contributed by atoms with Gasteiger partial charge in [-0.2, -0.15) is 0 Å². The topological polar surface area (TPSA) is 42.4 Å². The lowest BCUT2D eigenvalue weighted by molar-refractivity contribution is -0.126. The van der Waals surface area contributed by atoms with Crippen molar-refractivity contribution in [2.45, 2.75) is 18.9 Å². The molecule has 1 aromatic heterocycles. The first kappa shape index (κ1) is 16.8. The summed E-state index contributed by atoms with van der Waals surface area (Å²) in [5.41, 5.74) is 1.91. The molecule has 4 nitrogen and oxygen atoms in total. The van der Waals surface area contributed by atoms with Gasteiger partial charge in [-0.15, -0.1) is 11.3 Å². The molecule has 4 rings (SSSR count). The van der Waals surface area contributed by atoms with Crippen molar-refractivity contribution in [3.63, 3.8) is 0 Å². The largest absolute Gasteiger partial charge is 0.496 e. The number of fused-ring (bicyclic) bond motifs is 1. The zero-order valence-corrected chi connectivity index (χ0v) is 15.4. The van der Waals surface area contributed by atoms with Gasteiger partial charge in [0, 0.05) is 18.2 Å². The molecule has 1 saturated heterocycles. The van der Waals surface area contributed by atoms with Crippen LogP contribution in [0, 0.1) is 0 Å². The Kier molecular flexibility index (Phi) is 4.71. The molecular weight excluding hydrogens is 344 g/mol. The van der Waals surface area contributed by atoms with Crippen LogP contribution in [0.25, 0.3) is 16.3 Å². The first-order chi connectivity index (χ1) is 12.8. The van der Waals surface area contributed by atoms with Gasteiger partial charge >= 0.3 is 0 Å². The quantitative estimate of drug-likeness (QED) is 0.631. The normalized spacial score (nSPS) is 17.3. The predicted octanol–water partition coefficient (Wildman–Crippen LogP) is 4.68. The van der Waals surface area contributed by atoms with Crippen molar-refractivity contribution < 1.29 is 9.53 Å². The van der Waals surface area contributed by atoms with E-state index >= 15 is 0 Å². The molecule has 0 N–H and O–H groups in total. The van der Waals surface area contributed by atoms with Crippen molar-refractivity contribution in [2.75, 3.05) is 13.7 Å². The Labute approximate surface area is 156 Å². The van der Waals surface area contributed by atoms with E-state index < -0.39 is 0 Å². The number of amides is 1. The molecular formula is C21H20N2O2S. The third-order valence-electron chi connectivity index (χ3n) is 4.68. The molecule has 1 amide bonds. The van der Waals surface area contributed by atoms with Gasteiger partial charge in [0.25, 0.3) is 0 Å². The summed E-state index contributed by atoms with van der Waals surface area (Å²) in [6.45, 7) is 0.774. The van der Waals surface area contributed by atoms with Crippen LogP contribution in [0.5, 0.6) is 5.75 Å². The zero-order valence-electron chi connectivity index (χ0n) is 14.6. The van der Waals surface area contributed by atoms with E-state index in [2.05, 4.69) is 6.07 Å². The molecule has 0 bridgehead atoms. The first-order valence-corrected chi connectivity index (χ1v) is 9.55. The third-order valence-corrected chi connectivity index (χ3v) is 5.81. The molecule has 2 heterocycles. The summed E-state index contributed by atoms with van der Waals surface area (Å²) in [6.07, 6.45) is 5.45. The van der Waals surface area contributed by atoms with E-state index in [4.69, 9.17) is 9.72 Å². The summed E-state index contributed by atoms with van der Waals surface area (Å²) in [7, 11) is 1.64. The molecule has 0 radical (unpaired) electrons. The van der Waals surface area contributed by atoms with E-state index in [1.165, 1.54) is 4.70 Å². The van der Waals surface area contributed by atoms with Gasteiger partial charge in [-0.05, 0) is 37.1 Å². The maximum absolute atomic E-state index is 12.8. The second-order valence-electron chi connectivity index (χ2n) is 6.28. The van der Waals surface area contributed by atoms with Crippen molar-refractivity contribution in [3.8, 4) is 5.75 Å². The van der Waals surface area contributed by atoms with Crippen LogP contribution in [0.1, 0.15) is 29.5 Å². The highest BCUT2D eigenvalue weighted by Gasteiger charge is 2.31. The molecule has 3 aromatic rings. The van der Waals surface area contributed by atoms with Crippen LogP contribution < -0.4 is 4.74 Å². The Morgan fingerprint density at radius 1 is 1.23 bits per heavy atom. The van der Waals surface area contributed by atoms with E-state index in [0.29, 0.717) is 0 Å². The molecule has 0 spiro atoms. The first-order valence-electron chi connectivity index (χ1n) is 8.73. The number of thiazole rings is 1. The molecule has 0 aliphatic carbocycles. The van der Waals surface area contributed by atoms with Crippen LogP contribution in [0.2, 0.25) is 0 Å². The van der Waals surface area contributed by atoms with Crippen LogP contribution >= 0.6 is 11.3 Å². The van der Waals surface area contributed by atoms with E-state index in [0.717, 1.165) is 41.2 Å². The lowest BCUT2D eigenvalue weighted by atomic mass is 10.2. The highest BCUT2D eigenvalue weighted by atomic mass is 32.1. The Morgan fingerprint density at radius 3 is 2.88 bits per heavy atom. The molecule has 26 heavy (non-hydrogen) atoms. The fraction of sp³-hybridized carbons (Fsp3) is 0.238. The van der Waals surface area contributed by atoms with Crippen molar-refractivity contribution in [1.29, 1.82) is 0 Å². The molecule has 1 aliphatic rings. The number of carbonyl (C=O) groups is 1. The van der Waals surface area contributed by atoms with Crippen LogP contribution in [-0.2, 0) is 4.79 Å². The Bertz CT molecular complexity index is 930. The number of para-hydroxylation sites is 2. The van der Waals surface area contributed by atoms with Crippen LogP contribution in [0.15, 0.2) is 54.6 Å². The van der Waals surface area contributed by atoms with Gasteiger partial charge in [0.1, 0.15) is 10.8 Å². The average molecular weight is 364 g/mol. The second kappa shape index (κ2) is 7.30. The van der Waals surface area contributed by atoms with Gasteiger partial charge in [0.2, 0.25) is 5.91 Å². The summed E-state index contributed by atoms with van der Waals surface area (Å²) >= 11 is 1.69. The van der Waals surface area contributed by atoms with Gasteiger partial charge in [0.15, 0.2) is 0 Å². The smallest absolute Gasteiger partial charge is 0.247 e. The maximum Gasteiger partial charge on any atom is 0.247 e. The van der Waals surface area contributed by atoms with Crippen molar-refractivity contribution in [3.05, 3.63) is 65.2 Å². The zero-order chi connectivity index (χ0) is 17.9. The minimum atomic E-state index is 0.0256. The summed E-state index contributed by atoms with van der Waals surface area (Å²) in [4.78, 5) is 19.5. The number of nitrogens with zero attached hydrogens (tertiary/aromatic N) is 2. The number of aromatic nitrogens is 1. The number of hydrogen-bond donors (Lipinski definition) is 0. The van der Waals surface area contributed by atoms with E-state index in [9.17, 15) is 4.79 Å². The summed E-state index contributed by atoms with van der Waals surface area (Å²) < 4.78 is 6.52. The average Bonchev–Trinajstić information content (AvgIpc) is 3.32. The van der Waals surface area contributed by atoms with Gasteiger partial charge < -0.3 is 9.64 Å². The van der Waals surface area contributed by atoms with Crippen LogP contribution in [0.3, 0.4) is 0 Å². The number of carbonyl (C=O) groups excluding carboxylic acids is 1. The van der Waals surface area contributed by atoms with Crippen molar-refractivity contribution >= 4 is 33.5 Å². The minimum Gasteiger partial charge on any atom is -0.496 e. The summed E-state index contributed by atoms with van der Waals surface area (Å²) in [5, 5.41) is 1.03. The Morgan fingerprint density at radius 2 is 2.04 bits per heavy atom. The van der Waals surface area contributed by atoms with E-state index in [1.807, 2.05) is 53.4 Å². The second-order valence-corrected chi connectivity index (χ2v) is 7.35. The standard InChI is InChI=1S/C21H20N2O2S/c1-25-18-10-4-2-7-15(18)12-13-20(24)23-14-6-9-17(23)21-22-16-8-3-5-11-19(16)26-21/h2-5,7-8,10-13,17H,6,9,14H2,1H3/b13-12-/t17-/m1/s1. The molecule has 1 aliphatic heterocycles.